The molecular weight excluding hydrogens is 127 g/mol. The minimum Gasteiger partial charge on any atom is -0.330 e. The van der Waals surface area contributed by atoms with Crippen LogP contribution in [0.25, 0.3) is 0 Å². The predicted molar refractivity (Wildman–Crippen MR) is 41.6 cm³/mol. The second-order valence-electron chi connectivity index (χ2n) is 2.29. The Kier molecular flexibility index (Phi) is 5.25. The molecule has 4 heteroatoms. The van der Waals surface area contributed by atoms with Gasteiger partial charge in [-0.15, -0.1) is 0 Å². The van der Waals surface area contributed by atoms with Gasteiger partial charge in [0.05, 0.1) is 11.7 Å². The van der Waals surface area contributed by atoms with Gasteiger partial charge in [-0.2, -0.15) is 0 Å². The van der Waals surface area contributed by atoms with Crippen molar-refractivity contribution < 1.29 is 4.79 Å². The van der Waals surface area contributed by atoms with Crippen LogP contribution in [0.1, 0.15) is 19.3 Å². The molecule has 0 aromatic heterocycles. The highest BCUT2D eigenvalue weighted by molar-refractivity contribution is 6.59. The van der Waals surface area contributed by atoms with Gasteiger partial charge in [0, 0.05) is 0 Å². The number of rotatable bonds is 5. The third-order valence-corrected chi connectivity index (χ3v) is 1.33. The van der Waals surface area contributed by atoms with Crippen LogP contribution in [-0.2, 0) is 4.79 Å². The van der Waals surface area contributed by atoms with Gasteiger partial charge in [-0.25, -0.2) is 0 Å². The first-order chi connectivity index (χ1) is 4.68. The van der Waals surface area contributed by atoms with Crippen molar-refractivity contribution in [3.63, 3.8) is 0 Å². The minimum atomic E-state index is -0.494. The number of hydrogen-bond donors (Lipinski definition) is 2. The molecule has 0 aromatic rings. The Morgan fingerprint density at radius 2 is 2.10 bits per heavy atom. The van der Waals surface area contributed by atoms with E-state index >= 15 is 0 Å². The third-order valence-electron chi connectivity index (χ3n) is 1.33. The summed E-state index contributed by atoms with van der Waals surface area (Å²) in [5.41, 5.74) is 10.1. The molecule has 0 aliphatic carbocycles. The highest BCUT2D eigenvalue weighted by Crippen LogP contribution is 1.96. The van der Waals surface area contributed by atoms with Crippen LogP contribution in [0.3, 0.4) is 0 Å². The molecule has 1 atom stereocenters. The van der Waals surface area contributed by atoms with E-state index in [-0.39, 0.29) is 0 Å². The van der Waals surface area contributed by atoms with E-state index in [1.165, 1.54) is 0 Å². The van der Waals surface area contributed by atoms with Gasteiger partial charge in [-0.3, -0.25) is 0 Å². The maximum absolute atomic E-state index is 10.4. The number of carbonyl (C=O) groups is 1. The summed E-state index contributed by atoms with van der Waals surface area (Å²) in [5.74, 6) is 0. The minimum absolute atomic E-state index is 0.433. The SMILES string of the molecule is [B]C(=O)[C@@H](N)CCCCN. The van der Waals surface area contributed by atoms with E-state index in [0.717, 1.165) is 12.8 Å². The van der Waals surface area contributed by atoms with E-state index in [2.05, 4.69) is 0 Å². The molecule has 0 unspecified atom stereocenters. The lowest BCUT2D eigenvalue weighted by atomic mass is 9.92. The third kappa shape index (κ3) is 4.53. The molecule has 0 aliphatic rings. The lowest BCUT2D eigenvalue weighted by Crippen LogP contribution is -2.30. The summed E-state index contributed by atoms with van der Waals surface area (Å²) in [5, 5.41) is 0. The molecule has 0 aromatic carbocycles. The average molecular weight is 140 g/mol. The number of nitrogens with two attached hydrogens (primary N) is 2. The topological polar surface area (TPSA) is 69.1 Å². The van der Waals surface area contributed by atoms with Crippen LogP contribution in [0.2, 0.25) is 0 Å². The van der Waals surface area contributed by atoms with Gasteiger partial charge in [-0.05, 0) is 19.4 Å². The molecule has 0 fully saturated rings. The Balaban J connectivity index is 3.21. The molecule has 0 aliphatic heterocycles. The Morgan fingerprint density at radius 3 is 2.50 bits per heavy atom. The zero-order valence-corrected chi connectivity index (χ0v) is 6.05. The van der Waals surface area contributed by atoms with E-state index in [0.29, 0.717) is 13.0 Å². The summed E-state index contributed by atoms with van der Waals surface area (Å²) in [7, 11) is 4.92. The molecule has 3 nitrogen and oxygen atoms in total. The van der Waals surface area contributed by atoms with Crippen molar-refractivity contribution in [2.75, 3.05) is 6.54 Å². The van der Waals surface area contributed by atoms with Gasteiger partial charge in [0.25, 0.3) is 0 Å². The maximum Gasteiger partial charge on any atom is 0.170 e. The molecule has 0 spiro atoms. The van der Waals surface area contributed by atoms with Crippen LogP contribution in [0.4, 0.5) is 0 Å². The summed E-state index contributed by atoms with van der Waals surface area (Å²) < 4.78 is 0. The number of unbranched alkanes of at least 4 members (excludes halogenated alkanes) is 1. The molecule has 0 saturated heterocycles. The smallest absolute Gasteiger partial charge is 0.170 e. The quantitative estimate of drug-likeness (QED) is 0.385. The van der Waals surface area contributed by atoms with Gasteiger partial charge in [-0.1, -0.05) is 6.42 Å². The molecule has 56 valence electrons. The van der Waals surface area contributed by atoms with Crippen LogP contribution in [0.15, 0.2) is 0 Å². The van der Waals surface area contributed by atoms with Crippen LogP contribution >= 0.6 is 0 Å². The van der Waals surface area contributed by atoms with Crippen LogP contribution < -0.4 is 11.5 Å². The standard InChI is InChI=1S/C6H13BN2O/c7-6(10)5(9)3-1-2-4-8/h5H,1-4,8-9H2/t5-/m0/s1. The first-order valence-corrected chi connectivity index (χ1v) is 3.43. The monoisotopic (exact) mass is 140 g/mol. The van der Waals surface area contributed by atoms with E-state index in [9.17, 15) is 4.79 Å². The average Bonchev–Trinajstić information content (AvgIpc) is 1.88. The molecule has 0 heterocycles. The Bertz CT molecular complexity index is 108. The van der Waals surface area contributed by atoms with Crippen molar-refractivity contribution in [2.24, 2.45) is 11.5 Å². The normalized spacial score (nSPS) is 13.0. The van der Waals surface area contributed by atoms with Crippen LogP contribution in [-0.4, -0.2) is 26.1 Å². The van der Waals surface area contributed by atoms with E-state index in [4.69, 9.17) is 19.3 Å². The van der Waals surface area contributed by atoms with Crippen LogP contribution in [0, 0.1) is 0 Å². The summed E-state index contributed by atoms with van der Waals surface area (Å²) >= 11 is 0. The number of carbonyl (C=O) groups excluding carboxylic acids is 1. The fourth-order valence-corrected chi connectivity index (χ4v) is 0.651. The van der Waals surface area contributed by atoms with Gasteiger partial charge in [0.15, 0.2) is 7.85 Å². The Morgan fingerprint density at radius 1 is 1.50 bits per heavy atom. The van der Waals surface area contributed by atoms with Gasteiger partial charge in [0.1, 0.15) is 0 Å². The zero-order chi connectivity index (χ0) is 7.98. The molecular formula is C6H13BN2O. The second kappa shape index (κ2) is 5.44. The van der Waals surface area contributed by atoms with Crippen molar-refractivity contribution in [3.8, 4) is 0 Å². The van der Waals surface area contributed by atoms with Crippen molar-refractivity contribution in [1.82, 2.24) is 0 Å². The van der Waals surface area contributed by atoms with E-state index in [1.54, 1.807) is 0 Å². The molecule has 0 amide bonds. The molecule has 10 heavy (non-hydrogen) atoms. The lowest BCUT2D eigenvalue weighted by Gasteiger charge is -2.05. The predicted octanol–water partition coefficient (Wildman–Crippen LogP) is -0.862. The van der Waals surface area contributed by atoms with Crippen molar-refractivity contribution >= 4 is 13.5 Å². The molecule has 4 N–H and O–H groups in total. The highest BCUT2D eigenvalue weighted by atomic mass is 16.1. The Hall–Kier alpha value is -0.345. The van der Waals surface area contributed by atoms with Gasteiger partial charge >= 0.3 is 0 Å². The first kappa shape index (κ1) is 9.65. The van der Waals surface area contributed by atoms with Crippen LogP contribution in [0.5, 0.6) is 0 Å². The van der Waals surface area contributed by atoms with Gasteiger partial charge < -0.3 is 16.3 Å². The summed E-state index contributed by atoms with van der Waals surface area (Å²) in [6, 6.07) is -0.494. The lowest BCUT2D eigenvalue weighted by molar-refractivity contribution is -0.113. The van der Waals surface area contributed by atoms with E-state index < -0.39 is 11.7 Å². The highest BCUT2D eigenvalue weighted by Gasteiger charge is 2.05. The first-order valence-electron chi connectivity index (χ1n) is 3.43. The molecule has 2 radical (unpaired) electrons. The van der Waals surface area contributed by atoms with Crippen molar-refractivity contribution in [3.05, 3.63) is 0 Å². The summed E-state index contributed by atoms with van der Waals surface area (Å²) in [4.78, 5) is 10.4. The molecule has 0 rings (SSSR count). The van der Waals surface area contributed by atoms with Gasteiger partial charge in [0.2, 0.25) is 0 Å². The zero-order valence-electron chi connectivity index (χ0n) is 6.05. The maximum atomic E-state index is 10.4. The van der Waals surface area contributed by atoms with E-state index in [1.807, 2.05) is 0 Å². The van der Waals surface area contributed by atoms with Crippen molar-refractivity contribution in [1.29, 1.82) is 0 Å². The van der Waals surface area contributed by atoms with Crippen molar-refractivity contribution in [2.45, 2.75) is 25.3 Å². The molecule has 0 saturated carbocycles. The molecule has 0 bridgehead atoms. The summed E-state index contributed by atoms with van der Waals surface area (Å²) in [6.07, 6.45) is 2.42. The Labute approximate surface area is 62.6 Å². The number of hydrogen-bond acceptors (Lipinski definition) is 3. The fourth-order valence-electron chi connectivity index (χ4n) is 0.651. The largest absolute Gasteiger partial charge is 0.330 e. The second-order valence-corrected chi connectivity index (χ2v) is 2.29. The fraction of sp³-hybridized carbons (Fsp3) is 0.833. The summed E-state index contributed by atoms with van der Waals surface area (Å²) in [6.45, 7) is 0.644.